The lowest BCUT2D eigenvalue weighted by Gasteiger charge is -2.43. The lowest BCUT2D eigenvalue weighted by Crippen LogP contribution is -2.34. The second-order valence-corrected chi connectivity index (χ2v) is 21.4. The van der Waals surface area contributed by atoms with Crippen molar-refractivity contribution < 1.29 is 0 Å². The highest BCUT2D eigenvalue weighted by molar-refractivity contribution is 6.14. The highest BCUT2D eigenvalue weighted by atomic mass is 15.1. The Kier molecular flexibility index (Phi) is 10.3. The Morgan fingerprint density at radius 1 is 0.319 bits per heavy atom. The van der Waals surface area contributed by atoms with Gasteiger partial charge in [-0.1, -0.05) is 234 Å². The van der Waals surface area contributed by atoms with E-state index in [2.05, 4.69) is 281 Å². The molecule has 11 aromatic carbocycles. The third kappa shape index (κ3) is 6.90. The largest absolute Gasteiger partial charge is 0.310 e. The summed E-state index contributed by atoms with van der Waals surface area (Å²) in [6, 6.07) is 93.2. The standard InChI is InChI=1S/C71H57N/c1-69(2)43-44-70(3,4)68-57(32-20-34-65(68)69)48-35-37-50(38-36-48)62-46-63-60-31-18-19-33-64(60)71(52-22-8-5-9-23-52,53-24-10-6-11-25-53)66(63)47-67(62)72(54-26-12-7-13-27-54)55-41-39-49(40-42-55)61-45-51-21-14-15-28-56(51)58-29-16-17-30-59(58)61/h5-42,45-47H,43-44H2,1-4H3. The van der Waals surface area contributed by atoms with Gasteiger partial charge in [-0.3, -0.25) is 0 Å². The molecule has 2 aliphatic rings. The van der Waals surface area contributed by atoms with Gasteiger partial charge in [0.2, 0.25) is 0 Å². The molecule has 0 heterocycles. The first-order valence-electron chi connectivity index (χ1n) is 25.7. The smallest absolute Gasteiger partial charge is 0.0714 e. The zero-order chi connectivity index (χ0) is 48.6. The maximum Gasteiger partial charge on any atom is 0.0714 e. The lowest BCUT2D eigenvalue weighted by molar-refractivity contribution is 0.333. The summed E-state index contributed by atoms with van der Waals surface area (Å²) in [6.07, 6.45) is 2.36. The van der Waals surface area contributed by atoms with Crippen LogP contribution in [0.5, 0.6) is 0 Å². The molecule has 0 aliphatic heterocycles. The van der Waals surface area contributed by atoms with E-state index < -0.39 is 5.41 Å². The van der Waals surface area contributed by atoms with Gasteiger partial charge in [0.15, 0.2) is 0 Å². The fraction of sp³-hybridized carbons (Fsp3) is 0.127. The van der Waals surface area contributed by atoms with Crippen molar-refractivity contribution >= 4 is 38.6 Å². The first-order valence-corrected chi connectivity index (χ1v) is 25.7. The van der Waals surface area contributed by atoms with Crippen LogP contribution in [0.2, 0.25) is 0 Å². The molecule has 0 unspecified atom stereocenters. The maximum absolute atomic E-state index is 2.54. The van der Waals surface area contributed by atoms with Gasteiger partial charge in [0.25, 0.3) is 0 Å². The van der Waals surface area contributed by atoms with E-state index in [1.807, 2.05) is 0 Å². The van der Waals surface area contributed by atoms with Gasteiger partial charge >= 0.3 is 0 Å². The van der Waals surface area contributed by atoms with Gasteiger partial charge in [0, 0.05) is 16.9 Å². The van der Waals surface area contributed by atoms with E-state index in [0.717, 1.165) is 17.1 Å². The summed E-state index contributed by atoms with van der Waals surface area (Å²) in [4.78, 5) is 2.49. The molecular formula is C71H57N. The summed E-state index contributed by atoms with van der Waals surface area (Å²) in [5.74, 6) is 0. The molecule has 2 aliphatic carbocycles. The third-order valence-electron chi connectivity index (χ3n) is 16.4. The Labute approximate surface area is 424 Å². The summed E-state index contributed by atoms with van der Waals surface area (Å²) in [6.45, 7) is 9.72. The quantitative estimate of drug-likeness (QED) is 0.137. The van der Waals surface area contributed by atoms with Gasteiger partial charge in [0.1, 0.15) is 0 Å². The van der Waals surface area contributed by atoms with Gasteiger partial charge in [-0.15, -0.1) is 0 Å². The molecule has 0 aromatic heterocycles. The second-order valence-electron chi connectivity index (χ2n) is 21.4. The SMILES string of the molecule is CC1(C)CCC(C)(C)c2c(-c3ccc(-c4cc5c(cc4N(c4ccccc4)c4ccc(-c6cc7ccccc7c7ccccc67)cc4)C(c4ccccc4)(c4ccccc4)c4ccccc4-5)cc3)cccc21. The van der Waals surface area contributed by atoms with E-state index >= 15 is 0 Å². The molecule has 0 N–H and O–H groups in total. The summed E-state index contributed by atoms with van der Waals surface area (Å²) < 4.78 is 0. The highest BCUT2D eigenvalue weighted by Gasteiger charge is 2.47. The lowest BCUT2D eigenvalue weighted by atomic mass is 9.61. The molecule has 72 heavy (non-hydrogen) atoms. The summed E-state index contributed by atoms with van der Waals surface area (Å²) in [5, 5.41) is 5.06. The molecule has 0 spiro atoms. The molecule has 1 heteroatoms. The van der Waals surface area contributed by atoms with Crippen LogP contribution < -0.4 is 4.90 Å². The zero-order valence-corrected chi connectivity index (χ0v) is 41.5. The molecule has 0 fully saturated rings. The van der Waals surface area contributed by atoms with Crippen molar-refractivity contribution in [3.05, 3.63) is 282 Å². The molecule has 0 atom stereocenters. The molecule has 11 aromatic rings. The number of rotatable bonds is 8. The Morgan fingerprint density at radius 3 is 1.51 bits per heavy atom. The molecule has 0 saturated carbocycles. The Hall–Kier alpha value is -8.26. The Bertz CT molecular complexity index is 3790. The molecule has 346 valence electrons. The number of benzene rings is 11. The average Bonchev–Trinajstić information content (AvgIpc) is 3.72. The third-order valence-corrected chi connectivity index (χ3v) is 16.4. The van der Waals surface area contributed by atoms with Gasteiger partial charge in [-0.2, -0.15) is 0 Å². The van der Waals surface area contributed by atoms with Crippen molar-refractivity contribution in [1.82, 2.24) is 0 Å². The van der Waals surface area contributed by atoms with Crippen LogP contribution in [-0.2, 0) is 16.2 Å². The summed E-state index contributed by atoms with van der Waals surface area (Å²) >= 11 is 0. The zero-order valence-electron chi connectivity index (χ0n) is 41.5. The van der Waals surface area contributed by atoms with Crippen molar-refractivity contribution in [3.8, 4) is 44.5 Å². The molecule has 0 amide bonds. The number of fused-ring (bicyclic) bond motifs is 7. The van der Waals surface area contributed by atoms with E-state index in [-0.39, 0.29) is 10.8 Å². The van der Waals surface area contributed by atoms with Crippen LogP contribution in [-0.4, -0.2) is 0 Å². The average molecular weight is 924 g/mol. The molecule has 1 nitrogen and oxygen atoms in total. The van der Waals surface area contributed by atoms with Gasteiger partial charge in [-0.05, 0) is 160 Å². The van der Waals surface area contributed by atoms with E-state index in [4.69, 9.17) is 0 Å². The fourth-order valence-electron chi connectivity index (χ4n) is 12.8. The van der Waals surface area contributed by atoms with Crippen LogP contribution in [0.1, 0.15) is 73.9 Å². The minimum Gasteiger partial charge on any atom is -0.310 e. The predicted molar refractivity (Wildman–Crippen MR) is 305 cm³/mol. The van der Waals surface area contributed by atoms with Crippen LogP contribution in [0.15, 0.2) is 249 Å². The Morgan fingerprint density at radius 2 is 0.819 bits per heavy atom. The first-order chi connectivity index (χ1) is 35.2. The number of hydrogen-bond donors (Lipinski definition) is 0. The fourth-order valence-corrected chi connectivity index (χ4v) is 12.8. The molecule has 13 rings (SSSR count). The van der Waals surface area contributed by atoms with Gasteiger partial charge in [0.05, 0.1) is 11.1 Å². The van der Waals surface area contributed by atoms with Crippen LogP contribution in [0, 0.1) is 0 Å². The summed E-state index contributed by atoms with van der Waals surface area (Å²) in [7, 11) is 0. The van der Waals surface area contributed by atoms with Crippen molar-refractivity contribution in [2.75, 3.05) is 4.90 Å². The van der Waals surface area contributed by atoms with Crippen molar-refractivity contribution in [1.29, 1.82) is 0 Å². The normalized spacial score (nSPS) is 14.9. The van der Waals surface area contributed by atoms with Crippen molar-refractivity contribution in [3.63, 3.8) is 0 Å². The highest BCUT2D eigenvalue weighted by Crippen LogP contribution is 2.59. The van der Waals surface area contributed by atoms with Crippen LogP contribution in [0.25, 0.3) is 66.1 Å². The van der Waals surface area contributed by atoms with Crippen LogP contribution in [0.4, 0.5) is 17.1 Å². The van der Waals surface area contributed by atoms with Gasteiger partial charge in [-0.25, -0.2) is 0 Å². The minimum absolute atomic E-state index is 0.0811. The number of para-hydroxylation sites is 1. The van der Waals surface area contributed by atoms with Gasteiger partial charge < -0.3 is 4.90 Å². The number of hydrogen-bond acceptors (Lipinski definition) is 1. The van der Waals surface area contributed by atoms with Crippen LogP contribution >= 0.6 is 0 Å². The number of nitrogens with zero attached hydrogens (tertiary/aromatic N) is 1. The molecule has 0 bridgehead atoms. The molecular weight excluding hydrogens is 867 g/mol. The van der Waals surface area contributed by atoms with E-state index in [1.54, 1.807) is 0 Å². The topological polar surface area (TPSA) is 3.24 Å². The van der Waals surface area contributed by atoms with Crippen LogP contribution in [0.3, 0.4) is 0 Å². The predicted octanol–water partition coefficient (Wildman–Crippen LogP) is 19.2. The molecule has 0 saturated heterocycles. The maximum atomic E-state index is 2.54. The van der Waals surface area contributed by atoms with Crippen molar-refractivity contribution in [2.24, 2.45) is 0 Å². The molecule has 0 radical (unpaired) electrons. The van der Waals surface area contributed by atoms with E-state index in [1.165, 1.54) is 112 Å². The van der Waals surface area contributed by atoms with Crippen molar-refractivity contribution in [2.45, 2.75) is 56.8 Å². The minimum atomic E-state index is -0.568. The first kappa shape index (κ1) is 43.7. The summed E-state index contributed by atoms with van der Waals surface area (Å²) in [5.41, 5.74) is 20.9. The van der Waals surface area contributed by atoms with E-state index in [9.17, 15) is 0 Å². The van der Waals surface area contributed by atoms with E-state index in [0.29, 0.717) is 0 Å². The second kappa shape index (κ2) is 17.0. The monoisotopic (exact) mass is 923 g/mol. The Balaban J connectivity index is 1.06. The number of anilines is 3.